The van der Waals surface area contributed by atoms with Crippen molar-refractivity contribution in [3.63, 3.8) is 0 Å². The Balaban J connectivity index is 2.42. The maximum absolute atomic E-state index is 5.94. The van der Waals surface area contributed by atoms with E-state index >= 15 is 0 Å². The second-order valence-electron chi connectivity index (χ2n) is 4.29. The van der Waals surface area contributed by atoms with E-state index in [-0.39, 0.29) is 0 Å². The fraction of sp³-hybridized carbons (Fsp3) is 0.286. The van der Waals surface area contributed by atoms with E-state index in [1.54, 1.807) is 11.3 Å². The van der Waals surface area contributed by atoms with Crippen molar-refractivity contribution in [1.29, 1.82) is 0 Å². The van der Waals surface area contributed by atoms with Crippen molar-refractivity contribution < 1.29 is 0 Å². The number of hydrogen-bond acceptors (Lipinski definition) is 2. The molecule has 0 aliphatic carbocycles. The van der Waals surface area contributed by atoms with E-state index in [1.807, 2.05) is 0 Å². The zero-order valence-electron chi connectivity index (χ0n) is 10.0. The summed E-state index contributed by atoms with van der Waals surface area (Å²) in [5.41, 5.74) is 9.91. The molecule has 1 aromatic heterocycles. The third-order valence-corrected chi connectivity index (χ3v) is 4.71. The van der Waals surface area contributed by atoms with Crippen LogP contribution in [0.1, 0.15) is 27.5 Å². The Morgan fingerprint density at radius 3 is 2.53 bits per heavy atom. The van der Waals surface area contributed by atoms with E-state index in [2.05, 4.69) is 60.1 Å². The quantitative estimate of drug-likeness (QED) is 0.902. The highest BCUT2D eigenvalue weighted by atomic mass is 79.9. The van der Waals surface area contributed by atoms with Crippen LogP contribution < -0.4 is 5.73 Å². The van der Waals surface area contributed by atoms with Gasteiger partial charge in [-0.2, -0.15) is 0 Å². The Morgan fingerprint density at radius 1 is 1.24 bits per heavy atom. The van der Waals surface area contributed by atoms with Gasteiger partial charge in [-0.1, -0.05) is 23.8 Å². The molecule has 2 aromatic rings. The van der Waals surface area contributed by atoms with E-state index < -0.39 is 0 Å². The van der Waals surface area contributed by atoms with Crippen molar-refractivity contribution in [2.75, 3.05) is 6.54 Å². The Morgan fingerprint density at radius 2 is 2.00 bits per heavy atom. The molecule has 2 rings (SSSR count). The smallest absolute Gasteiger partial charge is 0.0701 e. The molecule has 0 spiro atoms. The van der Waals surface area contributed by atoms with Crippen molar-refractivity contribution in [1.82, 2.24) is 0 Å². The average Bonchev–Trinajstić information content (AvgIpc) is 2.69. The summed E-state index contributed by atoms with van der Waals surface area (Å²) in [4.78, 5) is 1.33. The zero-order valence-corrected chi connectivity index (χ0v) is 12.4. The third kappa shape index (κ3) is 2.79. The molecule has 90 valence electrons. The number of benzene rings is 1. The lowest BCUT2D eigenvalue weighted by Gasteiger charge is -2.16. The first-order valence-electron chi connectivity index (χ1n) is 5.64. The molecule has 0 bridgehead atoms. The van der Waals surface area contributed by atoms with Crippen LogP contribution in [-0.4, -0.2) is 6.54 Å². The van der Waals surface area contributed by atoms with Gasteiger partial charge < -0.3 is 5.73 Å². The van der Waals surface area contributed by atoms with E-state index in [0.717, 1.165) is 3.79 Å². The molecule has 3 heteroatoms. The van der Waals surface area contributed by atoms with Gasteiger partial charge in [0, 0.05) is 17.3 Å². The molecular formula is C14H16BrNS. The average molecular weight is 310 g/mol. The Bertz CT molecular complexity index is 519. The first-order chi connectivity index (χ1) is 8.11. The molecule has 0 amide bonds. The SMILES string of the molecule is Cc1ccc(C(CN)c2ccc(Br)s2)c(C)c1. The van der Waals surface area contributed by atoms with Gasteiger partial charge in [-0.25, -0.2) is 0 Å². The lowest BCUT2D eigenvalue weighted by molar-refractivity contribution is 0.827. The van der Waals surface area contributed by atoms with Crippen molar-refractivity contribution in [2.45, 2.75) is 19.8 Å². The summed E-state index contributed by atoms with van der Waals surface area (Å²) in [5, 5.41) is 0. The van der Waals surface area contributed by atoms with E-state index in [0.29, 0.717) is 12.5 Å². The van der Waals surface area contributed by atoms with E-state index in [4.69, 9.17) is 5.73 Å². The summed E-state index contributed by atoms with van der Waals surface area (Å²) in [7, 11) is 0. The summed E-state index contributed by atoms with van der Waals surface area (Å²) in [6.45, 7) is 4.93. The normalized spacial score (nSPS) is 12.7. The van der Waals surface area contributed by atoms with Gasteiger partial charge in [-0.15, -0.1) is 11.3 Å². The van der Waals surface area contributed by atoms with Crippen LogP contribution in [0, 0.1) is 13.8 Å². The van der Waals surface area contributed by atoms with Crippen LogP contribution in [0.2, 0.25) is 0 Å². The molecule has 0 aliphatic heterocycles. The van der Waals surface area contributed by atoms with Crippen LogP contribution in [-0.2, 0) is 0 Å². The molecule has 1 aromatic carbocycles. The maximum Gasteiger partial charge on any atom is 0.0701 e. The molecule has 0 radical (unpaired) electrons. The number of halogens is 1. The largest absolute Gasteiger partial charge is 0.329 e. The van der Waals surface area contributed by atoms with Crippen LogP contribution in [0.4, 0.5) is 0 Å². The summed E-state index contributed by atoms with van der Waals surface area (Å²) in [5.74, 6) is 0.312. The molecule has 2 N–H and O–H groups in total. The molecule has 1 nitrogen and oxygen atoms in total. The van der Waals surface area contributed by atoms with Gasteiger partial charge in [0.15, 0.2) is 0 Å². The second kappa shape index (κ2) is 5.34. The molecule has 0 saturated heterocycles. The first kappa shape index (κ1) is 12.8. The number of rotatable bonds is 3. The second-order valence-corrected chi connectivity index (χ2v) is 6.78. The van der Waals surface area contributed by atoms with Gasteiger partial charge in [0.25, 0.3) is 0 Å². The van der Waals surface area contributed by atoms with Gasteiger partial charge in [0.2, 0.25) is 0 Å². The fourth-order valence-electron chi connectivity index (χ4n) is 2.13. The Kier molecular flexibility index (Phi) is 4.02. The molecule has 1 heterocycles. The topological polar surface area (TPSA) is 26.0 Å². The molecular weight excluding hydrogens is 294 g/mol. The van der Waals surface area contributed by atoms with Crippen LogP contribution in [0.5, 0.6) is 0 Å². The fourth-order valence-corrected chi connectivity index (χ4v) is 3.68. The van der Waals surface area contributed by atoms with Crippen molar-refractivity contribution in [3.05, 3.63) is 55.7 Å². The standard InChI is InChI=1S/C14H16BrNS/c1-9-3-4-11(10(2)7-9)12(8-16)13-5-6-14(15)17-13/h3-7,12H,8,16H2,1-2H3. The number of aryl methyl sites for hydroxylation is 2. The molecule has 0 aliphatic rings. The van der Waals surface area contributed by atoms with Crippen LogP contribution in [0.3, 0.4) is 0 Å². The summed E-state index contributed by atoms with van der Waals surface area (Å²) >= 11 is 5.27. The van der Waals surface area contributed by atoms with Crippen molar-refractivity contribution >= 4 is 27.3 Å². The zero-order chi connectivity index (χ0) is 12.4. The first-order valence-corrected chi connectivity index (χ1v) is 7.25. The highest BCUT2D eigenvalue weighted by Gasteiger charge is 2.16. The van der Waals surface area contributed by atoms with Gasteiger partial charge in [0.05, 0.1) is 3.79 Å². The number of thiophene rings is 1. The monoisotopic (exact) mass is 309 g/mol. The molecule has 1 atom stereocenters. The lowest BCUT2D eigenvalue weighted by atomic mass is 9.92. The summed E-state index contributed by atoms with van der Waals surface area (Å²) in [6.07, 6.45) is 0. The van der Waals surface area contributed by atoms with Gasteiger partial charge >= 0.3 is 0 Å². The lowest BCUT2D eigenvalue weighted by Crippen LogP contribution is -2.13. The van der Waals surface area contributed by atoms with Crippen molar-refractivity contribution in [3.8, 4) is 0 Å². The highest BCUT2D eigenvalue weighted by Crippen LogP contribution is 2.33. The van der Waals surface area contributed by atoms with E-state index in [1.165, 1.54) is 21.6 Å². The molecule has 1 unspecified atom stereocenters. The predicted molar refractivity (Wildman–Crippen MR) is 78.8 cm³/mol. The molecule has 0 fully saturated rings. The summed E-state index contributed by atoms with van der Waals surface area (Å²) < 4.78 is 1.16. The minimum absolute atomic E-state index is 0.312. The Hall–Kier alpha value is -0.640. The van der Waals surface area contributed by atoms with Gasteiger partial charge in [-0.05, 0) is 53.0 Å². The van der Waals surface area contributed by atoms with Crippen LogP contribution in [0.25, 0.3) is 0 Å². The number of nitrogens with two attached hydrogens (primary N) is 1. The van der Waals surface area contributed by atoms with Crippen LogP contribution in [0.15, 0.2) is 34.1 Å². The Labute approximate surface area is 115 Å². The molecule has 17 heavy (non-hydrogen) atoms. The maximum atomic E-state index is 5.94. The number of hydrogen-bond donors (Lipinski definition) is 1. The van der Waals surface area contributed by atoms with Gasteiger partial charge in [-0.3, -0.25) is 0 Å². The van der Waals surface area contributed by atoms with Crippen LogP contribution >= 0.6 is 27.3 Å². The highest BCUT2D eigenvalue weighted by molar-refractivity contribution is 9.11. The summed E-state index contributed by atoms with van der Waals surface area (Å²) in [6, 6.07) is 10.8. The minimum Gasteiger partial charge on any atom is -0.329 e. The van der Waals surface area contributed by atoms with E-state index in [9.17, 15) is 0 Å². The third-order valence-electron chi connectivity index (χ3n) is 2.97. The van der Waals surface area contributed by atoms with Gasteiger partial charge in [0.1, 0.15) is 0 Å². The predicted octanol–water partition coefficient (Wildman–Crippen LogP) is 4.22. The minimum atomic E-state index is 0.312. The molecule has 0 saturated carbocycles. The van der Waals surface area contributed by atoms with Crippen molar-refractivity contribution in [2.24, 2.45) is 5.73 Å².